The third kappa shape index (κ3) is 2.57. The van der Waals surface area contributed by atoms with E-state index < -0.39 is 5.97 Å². The Labute approximate surface area is 138 Å². The molecule has 4 aliphatic carbocycles. The van der Waals surface area contributed by atoms with Gasteiger partial charge >= 0.3 is 5.97 Å². The summed E-state index contributed by atoms with van der Waals surface area (Å²) in [4.78, 5) is 11.1. The van der Waals surface area contributed by atoms with Crippen LogP contribution in [0.25, 0.3) is 0 Å². The highest BCUT2D eigenvalue weighted by atomic mass is 16.4. The third-order valence-electron chi connectivity index (χ3n) is 6.21. The van der Waals surface area contributed by atoms with E-state index in [1.54, 1.807) is 18.2 Å². The maximum atomic E-state index is 11.1. The molecule has 4 saturated carbocycles. The van der Waals surface area contributed by atoms with E-state index in [9.17, 15) is 4.79 Å². The Balaban J connectivity index is 1.67. The van der Waals surface area contributed by atoms with E-state index in [1.807, 2.05) is 6.07 Å². The molecule has 0 saturated heterocycles. The molecule has 0 aromatic heterocycles. The van der Waals surface area contributed by atoms with Crippen LogP contribution < -0.4 is 0 Å². The average Bonchev–Trinajstić information content (AvgIpc) is 2.42. The Morgan fingerprint density at radius 1 is 1.13 bits per heavy atom. The summed E-state index contributed by atoms with van der Waals surface area (Å²) in [7, 11) is 0. The lowest BCUT2D eigenvalue weighted by molar-refractivity contribution is -0.120. The lowest BCUT2D eigenvalue weighted by Crippen LogP contribution is -2.54. The fourth-order valence-corrected chi connectivity index (χ4v) is 6.52. The molecule has 2 unspecified atom stereocenters. The van der Waals surface area contributed by atoms with E-state index in [0.29, 0.717) is 16.4 Å². The van der Waals surface area contributed by atoms with E-state index in [1.165, 1.54) is 38.5 Å². The molecule has 2 heteroatoms. The second kappa shape index (κ2) is 4.63. The molecule has 0 amide bonds. The number of carboxylic acids is 1. The van der Waals surface area contributed by atoms with Crippen LogP contribution in [-0.2, 0) is 0 Å². The van der Waals surface area contributed by atoms with Crippen LogP contribution in [0.1, 0.15) is 68.3 Å². The average molecular weight is 308 g/mol. The molecule has 4 fully saturated rings. The monoisotopic (exact) mass is 308 g/mol. The molecule has 0 spiro atoms. The summed E-state index contributed by atoms with van der Waals surface area (Å²) in [6.07, 6.45) is 7.79. The molecular weight excluding hydrogens is 284 g/mol. The number of rotatable bonds is 1. The minimum Gasteiger partial charge on any atom is -0.478 e. The molecule has 0 heterocycles. The Bertz CT molecular complexity index is 718. The summed E-state index contributed by atoms with van der Waals surface area (Å²) < 4.78 is 0. The van der Waals surface area contributed by atoms with Crippen LogP contribution in [0.5, 0.6) is 0 Å². The number of benzene rings is 1. The first kappa shape index (κ1) is 14.8. The maximum Gasteiger partial charge on any atom is 0.335 e. The molecule has 1 aromatic rings. The normalized spacial score (nSPS) is 40.5. The van der Waals surface area contributed by atoms with Gasteiger partial charge in [-0.2, -0.15) is 0 Å². The number of hydrogen-bond acceptors (Lipinski definition) is 1. The predicted molar refractivity (Wildman–Crippen MR) is 90.1 cm³/mol. The van der Waals surface area contributed by atoms with E-state index in [4.69, 9.17) is 5.11 Å². The smallest absolute Gasteiger partial charge is 0.335 e. The van der Waals surface area contributed by atoms with Gasteiger partial charge in [-0.3, -0.25) is 0 Å². The summed E-state index contributed by atoms with van der Waals surface area (Å²) in [6.45, 7) is 4.91. The Hall–Kier alpha value is -1.75. The van der Waals surface area contributed by atoms with Gasteiger partial charge in [0.05, 0.1) is 5.56 Å². The predicted octanol–water partition coefficient (Wildman–Crippen LogP) is 4.73. The van der Waals surface area contributed by atoms with Crippen molar-refractivity contribution in [2.75, 3.05) is 0 Å². The van der Waals surface area contributed by atoms with Gasteiger partial charge in [-0.1, -0.05) is 31.8 Å². The molecule has 23 heavy (non-hydrogen) atoms. The van der Waals surface area contributed by atoms with Crippen molar-refractivity contribution in [2.45, 2.75) is 52.4 Å². The quantitative estimate of drug-likeness (QED) is 0.761. The summed E-state index contributed by atoms with van der Waals surface area (Å²) in [5.41, 5.74) is 2.23. The van der Waals surface area contributed by atoms with Gasteiger partial charge in [-0.05, 0) is 73.5 Å². The van der Waals surface area contributed by atoms with Crippen LogP contribution in [0.2, 0.25) is 0 Å². The van der Waals surface area contributed by atoms with Gasteiger partial charge in [0.25, 0.3) is 0 Å². The van der Waals surface area contributed by atoms with Crippen molar-refractivity contribution in [2.24, 2.45) is 22.2 Å². The van der Waals surface area contributed by atoms with Crippen molar-refractivity contribution in [1.82, 2.24) is 0 Å². The zero-order valence-electron chi connectivity index (χ0n) is 14.0. The first-order chi connectivity index (χ1) is 10.8. The summed E-state index contributed by atoms with van der Waals surface area (Å²) in [5, 5.41) is 9.13. The van der Waals surface area contributed by atoms with Crippen molar-refractivity contribution in [3.05, 3.63) is 35.4 Å². The van der Waals surface area contributed by atoms with E-state index in [-0.39, 0.29) is 5.41 Å². The zero-order valence-corrected chi connectivity index (χ0v) is 14.0. The topological polar surface area (TPSA) is 37.3 Å². The van der Waals surface area contributed by atoms with Gasteiger partial charge in [0.2, 0.25) is 0 Å². The largest absolute Gasteiger partial charge is 0.478 e. The van der Waals surface area contributed by atoms with E-state index in [2.05, 4.69) is 25.7 Å². The molecule has 2 atom stereocenters. The van der Waals surface area contributed by atoms with Crippen molar-refractivity contribution >= 4 is 5.97 Å². The molecule has 5 rings (SSSR count). The highest BCUT2D eigenvalue weighted by molar-refractivity contribution is 5.88. The molecule has 2 nitrogen and oxygen atoms in total. The lowest BCUT2D eigenvalue weighted by Gasteiger charge is -2.64. The van der Waals surface area contributed by atoms with Gasteiger partial charge < -0.3 is 5.11 Å². The van der Waals surface area contributed by atoms with Crippen molar-refractivity contribution in [3.63, 3.8) is 0 Å². The van der Waals surface area contributed by atoms with Crippen LogP contribution >= 0.6 is 0 Å². The SMILES string of the molecule is CC12CC3CC(C)(C1)CC(C#Cc1cccc(C(=O)O)c1)(C3)C2. The Morgan fingerprint density at radius 2 is 1.83 bits per heavy atom. The molecule has 4 bridgehead atoms. The zero-order chi connectivity index (χ0) is 16.3. The van der Waals surface area contributed by atoms with Crippen LogP contribution in [0.4, 0.5) is 0 Å². The van der Waals surface area contributed by atoms with E-state index in [0.717, 1.165) is 11.5 Å². The number of carbonyl (C=O) groups is 1. The minimum absolute atomic E-state index is 0.155. The summed E-state index contributed by atoms with van der Waals surface area (Å²) >= 11 is 0. The first-order valence-electron chi connectivity index (χ1n) is 8.66. The first-order valence-corrected chi connectivity index (χ1v) is 8.66. The standard InChI is InChI=1S/C21H24O2/c1-19-9-16-10-20(2,12-19)14-21(11-16,13-19)7-6-15-4-3-5-17(8-15)18(22)23/h3-5,8,16H,9-14H2,1-2H3,(H,22,23). The molecule has 4 aliphatic rings. The van der Waals surface area contributed by atoms with Gasteiger partial charge in [0, 0.05) is 11.0 Å². The number of hydrogen-bond donors (Lipinski definition) is 1. The van der Waals surface area contributed by atoms with Gasteiger partial charge in [-0.25, -0.2) is 4.79 Å². The van der Waals surface area contributed by atoms with Crippen molar-refractivity contribution in [3.8, 4) is 11.8 Å². The molecule has 120 valence electrons. The molecule has 0 aliphatic heterocycles. The molecular formula is C21H24O2. The summed E-state index contributed by atoms with van der Waals surface area (Å²) in [5.74, 6) is 6.88. The highest BCUT2D eigenvalue weighted by Gasteiger charge is 2.59. The van der Waals surface area contributed by atoms with Gasteiger partial charge in [0.1, 0.15) is 0 Å². The Kier molecular flexibility index (Phi) is 2.98. The second-order valence-corrected chi connectivity index (χ2v) is 9.05. The minimum atomic E-state index is -0.886. The summed E-state index contributed by atoms with van der Waals surface area (Å²) in [6, 6.07) is 7.03. The fraction of sp³-hybridized carbons (Fsp3) is 0.571. The van der Waals surface area contributed by atoms with Crippen LogP contribution in [0, 0.1) is 34.0 Å². The second-order valence-electron chi connectivity index (χ2n) is 9.05. The lowest BCUT2D eigenvalue weighted by atomic mass is 9.40. The van der Waals surface area contributed by atoms with Crippen LogP contribution in [-0.4, -0.2) is 11.1 Å². The highest BCUT2D eigenvalue weighted by Crippen LogP contribution is 2.69. The molecule has 0 radical (unpaired) electrons. The number of carboxylic acid groups (broad SMARTS) is 1. The fourth-order valence-electron chi connectivity index (χ4n) is 6.52. The molecule has 1 N–H and O–H groups in total. The maximum absolute atomic E-state index is 11.1. The Morgan fingerprint density at radius 3 is 2.43 bits per heavy atom. The third-order valence-corrected chi connectivity index (χ3v) is 6.21. The molecule has 1 aromatic carbocycles. The van der Waals surface area contributed by atoms with Gasteiger partial charge in [0.15, 0.2) is 0 Å². The van der Waals surface area contributed by atoms with Crippen LogP contribution in [0.15, 0.2) is 24.3 Å². The van der Waals surface area contributed by atoms with Crippen LogP contribution in [0.3, 0.4) is 0 Å². The van der Waals surface area contributed by atoms with E-state index >= 15 is 0 Å². The number of aromatic carboxylic acids is 1. The van der Waals surface area contributed by atoms with Crippen molar-refractivity contribution in [1.29, 1.82) is 0 Å². The van der Waals surface area contributed by atoms with Gasteiger partial charge in [-0.15, -0.1) is 0 Å². The van der Waals surface area contributed by atoms with Crippen molar-refractivity contribution < 1.29 is 9.90 Å².